The van der Waals surface area contributed by atoms with Gasteiger partial charge < -0.3 is 5.32 Å². The van der Waals surface area contributed by atoms with Crippen molar-refractivity contribution in [1.29, 1.82) is 0 Å². The van der Waals surface area contributed by atoms with Crippen molar-refractivity contribution in [1.82, 2.24) is 14.9 Å². The minimum atomic E-state index is -3.58. The molecule has 2 N–H and O–H groups in total. The number of aromatic nitrogens is 2. The summed E-state index contributed by atoms with van der Waals surface area (Å²) in [6.45, 7) is 5.64. The highest BCUT2D eigenvalue weighted by Crippen LogP contribution is 2.30. The molecule has 0 aliphatic rings. The molecule has 0 fully saturated rings. The van der Waals surface area contributed by atoms with Crippen LogP contribution in [-0.4, -0.2) is 29.9 Å². The van der Waals surface area contributed by atoms with E-state index in [0.29, 0.717) is 10.9 Å². The highest BCUT2D eigenvalue weighted by Gasteiger charge is 2.27. The molecule has 2 aromatic carbocycles. The monoisotopic (exact) mass is 434 g/mol. The van der Waals surface area contributed by atoms with Gasteiger partial charge in [-0.05, 0) is 45.0 Å². The minimum absolute atomic E-state index is 0.265. The number of hydrogen-bond acceptors (Lipinski definition) is 7. The Hall–Kier alpha value is -1.94. The molecule has 6 nitrogen and oxygen atoms in total. The molecule has 1 aromatic heterocycles. The number of anilines is 2. The second-order valence-corrected chi connectivity index (χ2v) is 10.8. The Morgan fingerprint density at radius 3 is 2.39 bits per heavy atom. The normalized spacial score (nSPS) is 12.1. The molecule has 0 saturated heterocycles. The first kappa shape index (κ1) is 20.8. The first-order valence-corrected chi connectivity index (χ1v) is 11.9. The Morgan fingerprint density at radius 2 is 1.71 bits per heavy atom. The summed E-state index contributed by atoms with van der Waals surface area (Å²) in [4.78, 5) is 0.265. The first-order chi connectivity index (χ1) is 13.2. The Labute approximate surface area is 173 Å². The van der Waals surface area contributed by atoms with Crippen molar-refractivity contribution < 1.29 is 8.42 Å². The van der Waals surface area contributed by atoms with Crippen LogP contribution in [0.4, 0.5) is 10.8 Å². The highest BCUT2D eigenvalue weighted by atomic mass is 32.2. The molecule has 0 aliphatic heterocycles. The second kappa shape index (κ2) is 8.60. The van der Waals surface area contributed by atoms with Crippen molar-refractivity contribution in [2.75, 3.05) is 11.1 Å². The van der Waals surface area contributed by atoms with E-state index in [9.17, 15) is 8.42 Å². The van der Waals surface area contributed by atoms with Crippen LogP contribution < -0.4 is 10.0 Å². The van der Waals surface area contributed by atoms with Crippen molar-refractivity contribution in [3.63, 3.8) is 0 Å². The molecule has 3 aromatic rings. The highest BCUT2D eigenvalue weighted by molar-refractivity contribution is 8.01. The number of rotatable bonds is 8. The second-order valence-electron chi connectivity index (χ2n) is 6.96. The van der Waals surface area contributed by atoms with Crippen molar-refractivity contribution in [2.45, 2.75) is 35.5 Å². The van der Waals surface area contributed by atoms with E-state index in [2.05, 4.69) is 20.2 Å². The lowest BCUT2D eigenvalue weighted by atomic mass is 10.1. The topological polar surface area (TPSA) is 84.0 Å². The summed E-state index contributed by atoms with van der Waals surface area (Å²) in [6, 6.07) is 16.6. The molecule has 0 unspecified atom stereocenters. The van der Waals surface area contributed by atoms with Crippen LogP contribution in [-0.2, 0) is 10.0 Å². The summed E-state index contributed by atoms with van der Waals surface area (Å²) in [5.74, 6) is 0.526. The number of hydrogen-bond donors (Lipinski definition) is 2. The predicted octanol–water partition coefficient (Wildman–Crippen LogP) is 4.44. The smallest absolute Gasteiger partial charge is 0.241 e. The number of sulfonamides is 1. The van der Waals surface area contributed by atoms with Crippen molar-refractivity contribution in [3.05, 3.63) is 60.2 Å². The fraction of sp³-hybridized carbons (Fsp3) is 0.263. The van der Waals surface area contributed by atoms with Gasteiger partial charge in [0, 0.05) is 17.0 Å². The zero-order chi connectivity index (χ0) is 20.2. The summed E-state index contributed by atoms with van der Waals surface area (Å²) in [7, 11) is -3.58. The Morgan fingerprint density at radius 1 is 1.04 bits per heavy atom. The zero-order valence-electron chi connectivity index (χ0n) is 15.8. The fourth-order valence-corrected chi connectivity index (χ4v) is 5.68. The lowest BCUT2D eigenvalue weighted by Gasteiger charge is -2.25. The van der Waals surface area contributed by atoms with E-state index in [4.69, 9.17) is 0 Å². The van der Waals surface area contributed by atoms with E-state index in [1.807, 2.05) is 51.1 Å². The van der Waals surface area contributed by atoms with Gasteiger partial charge in [-0.15, -0.1) is 10.2 Å². The Balaban J connectivity index is 1.59. The van der Waals surface area contributed by atoms with Crippen LogP contribution in [0.5, 0.6) is 0 Å². The van der Waals surface area contributed by atoms with Crippen molar-refractivity contribution >= 4 is 43.9 Å². The van der Waals surface area contributed by atoms with Crippen LogP contribution in [0.15, 0.2) is 63.8 Å². The quantitative estimate of drug-likeness (QED) is 0.510. The maximum Gasteiger partial charge on any atom is 0.241 e. The number of nitrogens with one attached hydrogen (secondary N) is 2. The summed E-state index contributed by atoms with van der Waals surface area (Å²) < 4.78 is 28.8. The molecule has 28 heavy (non-hydrogen) atoms. The van der Waals surface area contributed by atoms with Gasteiger partial charge in [-0.25, -0.2) is 13.1 Å². The van der Waals surface area contributed by atoms with E-state index < -0.39 is 15.6 Å². The van der Waals surface area contributed by atoms with Gasteiger partial charge in [0.2, 0.25) is 15.2 Å². The maximum atomic E-state index is 12.6. The van der Waals surface area contributed by atoms with E-state index >= 15 is 0 Å². The number of thioether (sulfide) groups is 1. The van der Waals surface area contributed by atoms with E-state index in [0.717, 1.165) is 15.6 Å². The van der Waals surface area contributed by atoms with Gasteiger partial charge >= 0.3 is 0 Å². The minimum Gasteiger partial charge on any atom is -0.330 e. The third-order valence-electron chi connectivity index (χ3n) is 3.73. The summed E-state index contributed by atoms with van der Waals surface area (Å²) in [6.07, 6.45) is 0. The largest absolute Gasteiger partial charge is 0.330 e. The van der Waals surface area contributed by atoms with Crippen LogP contribution in [0.2, 0.25) is 0 Å². The van der Waals surface area contributed by atoms with Gasteiger partial charge in [-0.3, -0.25) is 0 Å². The van der Waals surface area contributed by atoms with Crippen molar-refractivity contribution in [2.24, 2.45) is 0 Å². The predicted molar refractivity (Wildman–Crippen MR) is 116 cm³/mol. The third kappa shape index (κ3) is 5.78. The standard InChI is InChI=1S/C19H22N4O2S3/c1-14-9-11-16(12-10-14)28(24,25)23-19(2,3)13-26-18-22-21-17(27-18)20-15-7-5-4-6-8-15/h4-12,23H,13H2,1-3H3,(H,20,21). The third-order valence-corrected chi connectivity index (χ3v) is 7.88. The van der Waals surface area contributed by atoms with Gasteiger partial charge in [0.1, 0.15) is 0 Å². The molecule has 1 heterocycles. The fourth-order valence-electron chi connectivity index (χ4n) is 2.38. The van der Waals surface area contributed by atoms with Crippen molar-refractivity contribution in [3.8, 4) is 0 Å². The average Bonchev–Trinajstić information content (AvgIpc) is 3.08. The lowest BCUT2D eigenvalue weighted by molar-refractivity contribution is 0.498. The molecule has 148 valence electrons. The van der Waals surface area contributed by atoms with E-state index in [1.54, 1.807) is 24.3 Å². The number of benzene rings is 2. The number of nitrogens with zero attached hydrogens (tertiary/aromatic N) is 2. The van der Waals surface area contributed by atoms with E-state index in [-0.39, 0.29) is 4.90 Å². The van der Waals surface area contributed by atoms with Crippen LogP contribution in [0, 0.1) is 6.92 Å². The van der Waals surface area contributed by atoms with E-state index in [1.165, 1.54) is 23.1 Å². The molecule has 0 saturated carbocycles. The molecule has 3 rings (SSSR count). The first-order valence-electron chi connectivity index (χ1n) is 8.63. The molecule has 0 spiro atoms. The van der Waals surface area contributed by atoms with Gasteiger partial charge in [-0.1, -0.05) is 59.0 Å². The molecular formula is C19H22N4O2S3. The summed E-state index contributed by atoms with van der Waals surface area (Å²) >= 11 is 2.91. The Bertz CT molecular complexity index is 1020. The maximum absolute atomic E-state index is 12.6. The molecule has 0 radical (unpaired) electrons. The molecule has 0 atom stereocenters. The van der Waals surface area contributed by atoms with Gasteiger partial charge in [0.25, 0.3) is 0 Å². The molecule has 0 amide bonds. The number of para-hydroxylation sites is 1. The van der Waals surface area contributed by atoms with Crippen LogP contribution >= 0.6 is 23.1 Å². The van der Waals surface area contributed by atoms with Crippen LogP contribution in [0.25, 0.3) is 0 Å². The molecule has 0 bridgehead atoms. The zero-order valence-corrected chi connectivity index (χ0v) is 18.3. The van der Waals surface area contributed by atoms with Crippen LogP contribution in [0.3, 0.4) is 0 Å². The Kier molecular flexibility index (Phi) is 6.39. The average molecular weight is 435 g/mol. The SMILES string of the molecule is Cc1ccc(S(=O)(=O)NC(C)(C)CSc2nnc(Nc3ccccc3)s2)cc1. The molecule has 0 aliphatic carbocycles. The number of aryl methyl sites for hydroxylation is 1. The molecule has 9 heteroatoms. The van der Waals surface area contributed by atoms with Gasteiger partial charge in [0.15, 0.2) is 4.34 Å². The van der Waals surface area contributed by atoms with Crippen LogP contribution in [0.1, 0.15) is 19.4 Å². The summed E-state index contributed by atoms with van der Waals surface area (Å²) in [5.41, 5.74) is 1.32. The lowest BCUT2D eigenvalue weighted by Crippen LogP contribution is -2.45. The van der Waals surface area contributed by atoms with Gasteiger partial charge in [-0.2, -0.15) is 0 Å². The van der Waals surface area contributed by atoms with Gasteiger partial charge in [0.05, 0.1) is 4.90 Å². The summed E-state index contributed by atoms with van der Waals surface area (Å²) in [5, 5.41) is 12.2. The molecular weight excluding hydrogens is 412 g/mol.